The van der Waals surface area contributed by atoms with Gasteiger partial charge in [0.1, 0.15) is 6.04 Å². The Bertz CT molecular complexity index is 992. The Kier molecular flexibility index (Phi) is 6.34. The zero-order valence-electron chi connectivity index (χ0n) is 16.5. The fraction of sp³-hybridized carbons (Fsp3) is 0.333. The maximum absolute atomic E-state index is 13.3. The number of nitrogens with one attached hydrogen (secondary N) is 2. The molecule has 3 rings (SSSR count). The van der Waals surface area contributed by atoms with E-state index >= 15 is 0 Å². The van der Waals surface area contributed by atoms with Gasteiger partial charge in [0.25, 0.3) is 5.91 Å². The molecule has 2 amide bonds. The predicted molar refractivity (Wildman–Crippen MR) is 113 cm³/mol. The molecule has 1 unspecified atom stereocenters. The Morgan fingerprint density at radius 2 is 1.66 bits per heavy atom. The first-order valence-corrected chi connectivity index (χ1v) is 11.3. The predicted octanol–water partition coefficient (Wildman–Crippen LogP) is 1.76. The highest BCUT2D eigenvalue weighted by molar-refractivity contribution is 7.91. The lowest BCUT2D eigenvalue weighted by Gasteiger charge is -2.33. The van der Waals surface area contributed by atoms with Gasteiger partial charge < -0.3 is 10.6 Å². The van der Waals surface area contributed by atoms with Gasteiger partial charge in [-0.1, -0.05) is 36.4 Å². The van der Waals surface area contributed by atoms with Crippen molar-refractivity contribution in [3.8, 4) is 0 Å². The molecule has 2 N–H and O–H groups in total. The minimum absolute atomic E-state index is 0.0365. The largest absolute Gasteiger partial charge is 0.355 e. The number of rotatable bonds is 5. The molecule has 0 bridgehead atoms. The standard InChI is InChI=1S/C21H25N3O4S/c1-15-17(20(25)22-2)9-6-10-18(15)23-21(26)19(16-7-4-3-5-8-16)24-11-13-29(27,28)14-12-24/h3-10,19H,11-14H2,1-2H3,(H,22,25)(H,23,26). The van der Waals surface area contributed by atoms with E-state index in [9.17, 15) is 18.0 Å². The molecule has 154 valence electrons. The number of anilines is 1. The lowest BCUT2D eigenvalue weighted by Crippen LogP contribution is -2.46. The average Bonchev–Trinajstić information content (AvgIpc) is 2.71. The van der Waals surface area contributed by atoms with Crippen LogP contribution in [0.1, 0.15) is 27.5 Å². The van der Waals surface area contributed by atoms with Gasteiger partial charge in [0.05, 0.1) is 11.5 Å². The van der Waals surface area contributed by atoms with Crippen LogP contribution in [0.25, 0.3) is 0 Å². The summed E-state index contributed by atoms with van der Waals surface area (Å²) in [6.45, 7) is 2.38. The fourth-order valence-electron chi connectivity index (χ4n) is 3.50. The lowest BCUT2D eigenvalue weighted by molar-refractivity contribution is -0.121. The van der Waals surface area contributed by atoms with Crippen LogP contribution in [-0.2, 0) is 14.6 Å². The third-order valence-electron chi connectivity index (χ3n) is 5.17. The molecule has 0 saturated carbocycles. The molecule has 29 heavy (non-hydrogen) atoms. The molecule has 1 heterocycles. The number of hydrogen-bond acceptors (Lipinski definition) is 5. The molecule has 0 aromatic heterocycles. The molecule has 7 nitrogen and oxygen atoms in total. The van der Waals surface area contributed by atoms with Crippen molar-refractivity contribution in [1.82, 2.24) is 10.2 Å². The van der Waals surface area contributed by atoms with Crippen LogP contribution in [0.3, 0.4) is 0 Å². The summed E-state index contributed by atoms with van der Waals surface area (Å²) in [5.74, 6) is -0.407. The smallest absolute Gasteiger partial charge is 0.251 e. The number of amides is 2. The van der Waals surface area contributed by atoms with Crippen LogP contribution in [0.2, 0.25) is 0 Å². The summed E-state index contributed by atoms with van der Waals surface area (Å²) in [6.07, 6.45) is 0. The normalized spacial score (nSPS) is 17.3. The summed E-state index contributed by atoms with van der Waals surface area (Å²) in [5, 5.41) is 5.53. The zero-order chi connectivity index (χ0) is 21.0. The number of carbonyl (C=O) groups excluding carboxylic acids is 2. The van der Waals surface area contributed by atoms with Gasteiger partial charge in [-0.25, -0.2) is 8.42 Å². The van der Waals surface area contributed by atoms with Crippen molar-refractivity contribution in [2.45, 2.75) is 13.0 Å². The van der Waals surface area contributed by atoms with E-state index < -0.39 is 15.9 Å². The van der Waals surface area contributed by atoms with Crippen molar-refractivity contribution in [2.24, 2.45) is 0 Å². The maximum atomic E-state index is 13.3. The topological polar surface area (TPSA) is 95.6 Å². The Morgan fingerprint density at radius 1 is 1.00 bits per heavy atom. The fourth-order valence-corrected chi connectivity index (χ4v) is 4.73. The van der Waals surface area contributed by atoms with E-state index in [4.69, 9.17) is 0 Å². The van der Waals surface area contributed by atoms with Gasteiger partial charge in [0.15, 0.2) is 9.84 Å². The third-order valence-corrected chi connectivity index (χ3v) is 6.78. The first-order chi connectivity index (χ1) is 13.8. The molecule has 1 atom stereocenters. The van der Waals surface area contributed by atoms with Crippen LogP contribution in [0.4, 0.5) is 5.69 Å². The minimum Gasteiger partial charge on any atom is -0.355 e. The first-order valence-electron chi connectivity index (χ1n) is 9.44. The summed E-state index contributed by atoms with van der Waals surface area (Å²) < 4.78 is 23.7. The summed E-state index contributed by atoms with van der Waals surface area (Å²) in [7, 11) is -1.50. The quantitative estimate of drug-likeness (QED) is 0.776. The van der Waals surface area contributed by atoms with Crippen molar-refractivity contribution in [1.29, 1.82) is 0 Å². The van der Waals surface area contributed by atoms with Gasteiger partial charge in [-0.3, -0.25) is 14.5 Å². The Hall–Kier alpha value is -2.71. The highest BCUT2D eigenvalue weighted by atomic mass is 32.2. The van der Waals surface area contributed by atoms with E-state index in [0.717, 1.165) is 5.56 Å². The molecule has 1 aliphatic heterocycles. The molecular weight excluding hydrogens is 390 g/mol. The number of carbonyl (C=O) groups is 2. The van der Waals surface area contributed by atoms with Crippen molar-refractivity contribution >= 4 is 27.3 Å². The first kappa shape index (κ1) is 21.0. The van der Waals surface area contributed by atoms with Crippen molar-refractivity contribution in [2.75, 3.05) is 37.0 Å². The molecule has 1 fully saturated rings. The van der Waals surface area contributed by atoms with Gasteiger partial charge in [0, 0.05) is 31.4 Å². The monoisotopic (exact) mass is 415 g/mol. The van der Waals surface area contributed by atoms with Crippen LogP contribution >= 0.6 is 0 Å². The Morgan fingerprint density at radius 3 is 2.28 bits per heavy atom. The zero-order valence-corrected chi connectivity index (χ0v) is 17.3. The van der Waals surface area contributed by atoms with E-state index in [0.29, 0.717) is 29.9 Å². The van der Waals surface area contributed by atoms with Gasteiger partial charge >= 0.3 is 0 Å². The highest BCUT2D eigenvalue weighted by Crippen LogP contribution is 2.26. The summed E-state index contributed by atoms with van der Waals surface area (Å²) in [6, 6.07) is 13.9. The SMILES string of the molecule is CNC(=O)c1cccc(NC(=O)C(c2ccccc2)N2CCS(=O)(=O)CC2)c1C. The van der Waals surface area contributed by atoms with E-state index in [1.54, 1.807) is 32.2 Å². The van der Waals surface area contributed by atoms with Gasteiger partial charge in [-0.15, -0.1) is 0 Å². The van der Waals surface area contributed by atoms with Crippen LogP contribution in [0.5, 0.6) is 0 Å². The summed E-state index contributed by atoms with van der Waals surface area (Å²) in [5.41, 5.74) is 2.52. The number of hydrogen-bond donors (Lipinski definition) is 2. The molecule has 2 aromatic rings. The molecule has 0 radical (unpaired) electrons. The molecule has 0 spiro atoms. The average molecular weight is 416 g/mol. The van der Waals surface area contributed by atoms with E-state index in [2.05, 4.69) is 10.6 Å². The Labute approximate surface area is 171 Å². The van der Waals surface area contributed by atoms with Crippen molar-refractivity contribution in [3.63, 3.8) is 0 Å². The van der Waals surface area contributed by atoms with Crippen molar-refractivity contribution in [3.05, 3.63) is 65.2 Å². The van der Waals surface area contributed by atoms with Gasteiger partial charge in [0.2, 0.25) is 5.91 Å². The number of benzene rings is 2. The minimum atomic E-state index is -3.06. The number of sulfone groups is 1. The van der Waals surface area contributed by atoms with Crippen LogP contribution < -0.4 is 10.6 Å². The molecule has 2 aromatic carbocycles. The highest BCUT2D eigenvalue weighted by Gasteiger charge is 2.32. The Balaban J connectivity index is 1.89. The van der Waals surface area contributed by atoms with Crippen LogP contribution in [0.15, 0.2) is 48.5 Å². The van der Waals surface area contributed by atoms with E-state index in [-0.39, 0.29) is 23.3 Å². The van der Waals surface area contributed by atoms with E-state index in [1.165, 1.54) is 0 Å². The van der Waals surface area contributed by atoms with Crippen LogP contribution in [-0.4, -0.2) is 56.8 Å². The molecule has 0 aliphatic carbocycles. The van der Waals surface area contributed by atoms with Gasteiger partial charge in [-0.05, 0) is 30.2 Å². The lowest BCUT2D eigenvalue weighted by atomic mass is 10.0. The van der Waals surface area contributed by atoms with Gasteiger partial charge in [-0.2, -0.15) is 0 Å². The number of nitrogens with zero attached hydrogens (tertiary/aromatic N) is 1. The third kappa shape index (κ3) is 4.83. The van der Waals surface area contributed by atoms with E-state index in [1.807, 2.05) is 35.2 Å². The molecule has 8 heteroatoms. The second-order valence-corrected chi connectivity index (χ2v) is 9.35. The molecule has 1 aliphatic rings. The van der Waals surface area contributed by atoms with Crippen molar-refractivity contribution < 1.29 is 18.0 Å². The van der Waals surface area contributed by atoms with Crippen LogP contribution in [0, 0.1) is 6.92 Å². The second kappa shape index (κ2) is 8.75. The molecule has 1 saturated heterocycles. The molecular formula is C21H25N3O4S. The summed E-state index contributed by atoms with van der Waals surface area (Å²) in [4.78, 5) is 27.2. The second-order valence-electron chi connectivity index (χ2n) is 7.05. The maximum Gasteiger partial charge on any atom is 0.251 e. The summed E-state index contributed by atoms with van der Waals surface area (Å²) >= 11 is 0.